The molecule has 128 valence electrons. The fraction of sp³-hybridized carbons (Fsp3) is 0.125. The van der Waals surface area contributed by atoms with Crippen molar-refractivity contribution in [2.24, 2.45) is 0 Å². The standard InChI is InChI=1S/C16H15BrFN7/c17-12-4-9(1-2-13(12)18)7-25-8-10(6-20-25)3-11-5-14(19)21-16-15(11)22-24-23-16/h1-2,4-6,8,22,24H,3,7H2,(H3,19,21,23). The van der Waals surface area contributed by atoms with Crippen LogP contribution in [0, 0.1) is 5.82 Å². The number of aromatic nitrogens is 3. The van der Waals surface area contributed by atoms with E-state index in [2.05, 4.69) is 42.4 Å². The maximum absolute atomic E-state index is 13.3. The SMILES string of the molecule is Nc1cc(Cc2cnn(Cc3ccc(F)c(Br)c3)c2)c2c(n1)NNN2. The summed E-state index contributed by atoms with van der Waals surface area (Å²) < 4.78 is 15.6. The second-order valence-corrected chi connectivity index (χ2v) is 6.63. The number of hydrogen-bond acceptors (Lipinski definition) is 6. The minimum atomic E-state index is -0.274. The zero-order chi connectivity index (χ0) is 17.4. The van der Waals surface area contributed by atoms with E-state index in [0.717, 1.165) is 22.4 Å². The summed E-state index contributed by atoms with van der Waals surface area (Å²) in [5.41, 5.74) is 18.5. The van der Waals surface area contributed by atoms with E-state index in [0.29, 0.717) is 29.1 Å². The first-order chi connectivity index (χ1) is 12.1. The number of nitrogens with one attached hydrogen (secondary N) is 3. The van der Waals surface area contributed by atoms with Gasteiger partial charge in [-0.3, -0.25) is 10.1 Å². The quantitative estimate of drug-likeness (QED) is 0.535. The number of halogens is 2. The van der Waals surface area contributed by atoms with Crippen molar-refractivity contribution < 1.29 is 4.39 Å². The van der Waals surface area contributed by atoms with Gasteiger partial charge < -0.3 is 11.2 Å². The number of anilines is 3. The van der Waals surface area contributed by atoms with Gasteiger partial charge in [0.25, 0.3) is 0 Å². The minimum Gasteiger partial charge on any atom is -0.384 e. The van der Waals surface area contributed by atoms with Crippen molar-refractivity contribution in [3.05, 3.63) is 63.6 Å². The van der Waals surface area contributed by atoms with E-state index in [1.165, 1.54) is 6.07 Å². The molecule has 9 heteroatoms. The van der Waals surface area contributed by atoms with Crippen molar-refractivity contribution in [3.63, 3.8) is 0 Å². The van der Waals surface area contributed by atoms with Crippen LogP contribution in [-0.2, 0) is 13.0 Å². The zero-order valence-corrected chi connectivity index (χ0v) is 14.6. The van der Waals surface area contributed by atoms with Gasteiger partial charge in [0.05, 0.1) is 22.9 Å². The Balaban J connectivity index is 1.53. The topological polar surface area (TPSA) is 92.8 Å². The zero-order valence-electron chi connectivity index (χ0n) is 13.1. The fourth-order valence-corrected chi connectivity index (χ4v) is 3.20. The van der Waals surface area contributed by atoms with Crippen LogP contribution in [0.4, 0.5) is 21.7 Å². The molecule has 0 aliphatic carbocycles. The Morgan fingerprint density at radius 3 is 2.92 bits per heavy atom. The van der Waals surface area contributed by atoms with Gasteiger partial charge in [0.2, 0.25) is 0 Å². The lowest BCUT2D eigenvalue weighted by Gasteiger charge is -2.06. The van der Waals surface area contributed by atoms with Crippen molar-refractivity contribution in [2.45, 2.75) is 13.0 Å². The van der Waals surface area contributed by atoms with Crippen LogP contribution in [0.3, 0.4) is 0 Å². The van der Waals surface area contributed by atoms with Gasteiger partial charge in [0.15, 0.2) is 5.82 Å². The third-order valence-electron chi connectivity index (χ3n) is 3.90. The van der Waals surface area contributed by atoms with Crippen LogP contribution in [0.1, 0.15) is 16.7 Å². The van der Waals surface area contributed by atoms with Gasteiger partial charge in [-0.05, 0) is 50.8 Å². The predicted octanol–water partition coefficient (Wildman–Crippen LogP) is 2.66. The molecular weight excluding hydrogens is 389 g/mol. The molecule has 1 aliphatic heterocycles. The highest BCUT2D eigenvalue weighted by Gasteiger charge is 2.17. The second-order valence-electron chi connectivity index (χ2n) is 5.78. The van der Waals surface area contributed by atoms with Crippen LogP contribution in [0.5, 0.6) is 0 Å². The van der Waals surface area contributed by atoms with Crippen molar-refractivity contribution in [3.8, 4) is 0 Å². The normalized spacial score (nSPS) is 12.6. The molecule has 0 amide bonds. The molecule has 7 nitrogen and oxygen atoms in total. The molecule has 1 aromatic carbocycles. The van der Waals surface area contributed by atoms with E-state index in [1.54, 1.807) is 12.1 Å². The van der Waals surface area contributed by atoms with E-state index in [1.807, 2.05) is 23.1 Å². The molecule has 4 rings (SSSR count). The summed E-state index contributed by atoms with van der Waals surface area (Å²) in [7, 11) is 0. The van der Waals surface area contributed by atoms with Gasteiger partial charge in [0, 0.05) is 12.6 Å². The number of nitrogens with zero attached hydrogens (tertiary/aromatic N) is 3. The molecule has 0 bridgehead atoms. The summed E-state index contributed by atoms with van der Waals surface area (Å²) in [4.78, 5) is 4.22. The Labute approximate surface area is 151 Å². The summed E-state index contributed by atoms with van der Waals surface area (Å²) in [5, 5.41) is 4.38. The number of nitrogens with two attached hydrogens (primary N) is 1. The van der Waals surface area contributed by atoms with Crippen molar-refractivity contribution in [1.29, 1.82) is 0 Å². The summed E-state index contributed by atoms with van der Waals surface area (Å²) in [5.74, 6) is 0.859. The van der Waals surface area contributed by atoms with Crippen molar-refractivity contribution in [2.75, 3.05) is 16.6 Å². The second kappa shape index (κ2) is 6.34. The summed E-state index contributed by atoms with van der Waals surface area (Å²) >= 11 is 3.20. The van der Waals surface area contributed by atoms with Crippen LogP contribution in [0.2, 0.25) is 0 Å². The third kappa shape index (κ3) is 3.28. The smallest absolute Gasteiger partial charge is 0.169 e. The summed E-state index contributed by atoms with van der Waals surface area (Å²) in [6.45, 7) is 0.566. The Bertz CT molecular complexity index is 940. The number of hydrazine groups is 2. The molecular formula is C16H15BrFN7. The van der Waals surface area contributed by atoms with Gasteiger partial charge in [-0.1, -0.05) is 6.07 Å². The van der Waals surface area contributed by atoms with E-state index < -0.39 is 0 Å². The van der Waals surface area contributed by atoms with E-state index in [-0.39, 0.29) is 5.82 Å². The largest absolute Gasteiger partial charge is 0.384 e. The van der Waals surface area contributed by atoms with Crippen molar-refractivity contribution in [1.82, 2.24) is 20.3 Å². The average Bonchev–Trinajstić information content (AvgIpc) is 3.20. The highest BCUT2D eigenvalue weighted by Crippen LogP contribution is 2.30. The van der Waals surface area contributed by atoms with Gasteiger partial charge in [-0.15, -0.1) is 5.53 Å². The number of benzene rings is 1. The Kier molecular flexibility index (Phi) is 4.02. The Morgan fingerprint density at radius 1 is 1.20 bits per heavy atom. The molecule has 0 spiro atoms. The molecule has 5 N–H and O–H groups in total. The van der Waals surface area contributed by atoms with E-state index in [9.17, 15) is 4.39 Å². The molecule has 25 heavy (non-hydrogen) atoms. The highest BCUT2D eigenvalue weighted by molar-refractivity contribution is 9.10. The number of rotatable bonds is 4. The van der Waals surface area contributed by atoms with Crippen LogP contribution in [0.25, 0.3) is 0 Å². The molecule has 3 aromatic rings. The van der Waals surface area contributed by atoms with Crippen LogP contribution in [-0.4, -0.2) is 14.8 Å². The van der Waals surface area contributed by atoms with Crippen LogP contribution < -0.4 is 22.1 Å². The first-order valence-corrected chi connectivity index (χ1v) is 8.39. The third-order valence-corrected chi connectivity index (χ3v) is 4.51. The highest BCUT2D eigenvalue weighted by atomic mass is 79.9. The molecule has 0 fully saturated rings. The maximum Gasteiger partial charge on any atom is 0.169 e. The van der Waals surface area contributed by atoms with Crippen LogP contribution in [0.15, 0.2) is 41.1 Å². The molecule has 0 radical (unpaired) electrons. The number of fused-ring (bicyclic) bond motifs is 1. The lowest BCUT2D eigenvalue weighted by Crippen LogP contribution is -2.19. The van der Waals surface area contributed by atoms with Crippen LogP contribution >= 0.6 is 15.9 Å². The van der Waals surface area contributed by atoms with Gasteiger partial charge >= 0.3 is 0 Å². The lowest BCUT2D eigenvalue weighted by molar-refractivity contribution is 0.617. The number of nitrogen functional groups attached to an aromatic ring is 1. The van der Waals surface area contributed by atoms with Gasteiger partial charge in [-0.25, -0.2) is 9.37 Å². The summed E-state index contributed by atoms with van der Waals surface area (Å²) in [6.07, 6.45) is 4.45. The van der Waals surface area contributed by atoms with Gasteiger partial charge in [-0.2, -0.15) is 5.10 Å². The maximum atomic E-state index is 13.3. The van der Waals surface area contributed by atoms with E-state index >= 15 is 0 Å². The molecule has 3 heterocycles. The number of hydrogen-bond donors (Lipinski definition) is 4. The monoisotopic (exact) mass is 403 g/mol. The average molecular weight is 404 g/mol. The van der Waals surface area contributed by atoms with Gasteiger partial charge in [0.1, 0.15) is 11.6 Å². The van der Waals surface area contributed by atoms with Crippen molar-refractivity contribution >= 4 is 33.3 Å². The predicted molar refractivity (Wildman–Crippen MR) is 97.3 cm³/mol. The Hall–Kier alpha value is -2.65. The van der Waals surface area contributed by atoms with E-state index in [4.69, 9.17) is 5.73 Å². The lowest BCUT2D eigenvalue weighted by atomic mass is 10.1. The first kappa shape index (κ1) is 15.9. The minimum absolute atomic E-state index is 0.274. The molecule has 1 aliphatic rings. The molecule has 0 atom stereocenters. The molecule has 2 aromatic heterocycles. The molecule has 0 unspecified atom stereocenters. The molecule has 0 saturated carbocycles. The number of pyridine rings is 1. The Morgan fingerprint density at radius 2 is 2.08 bits per heavy atom. The fourth-order valence-electron chi connectivity index (χ4n) is 2.77. The first-order valence-electron chi connectivity index (χ1n) is 7.60. The summed E-state index contributed by atoms with van der Waals surface area (Å²) in [6, 6.07) is 6.79. The molecule has 0 saturated heterocycles.